The molecule has 0 bridgehead atoms. The molecule has 6 N–H and O–H groups in total. The van der Waals surface area contributed by atoms with E-state index < -0.39 is 61.2 Å². The predicted molar refractivity (Wildman–Crippen MR) is 142 cm³/mol. The van der Waals surface area contributed by atoms with E-state index in [9.17, 15) is 30.6 Å². The molecule has 0 radical (unpaired) electrons. The van der Waals surface area contributed by atoms with Gasteiger partial charge in [0.25, 0.3) is 0 Å². The van der Waals surface area contributed by atoms with Crippen LogP contribution in [0.15, 0.2) is 36.4 Å². The van der Waals surface area contributed by atoms with E-state index in [1.165, 1.54) is 14.2 Å². The Labute approximate surface area is 241 Å². The summed E-state index contributed by atoms with van der Waals surface area (Å²) in [6.07, 6.45) is -9.56. The van der Waals surface area contributed by atoms with Crippen molar-refractivity contribution in [3.05, 3.63) is 53.1 Å². The van der Waals surface area contributed by atoms with Crippen LogP contribution in [0.3, 0.4) is 0 Å². The first-order chi connectivity index (χ1) is 20.1. The van der Waals surface area contributed by atoms with Gasteiger partial charge in [-0.1, -0.05) is 6.58 Å². The molecule has 0 aliphatic carbocycles. The SMILES string of the molecule is C=C(CO[C@@H]1O[C@H](CO)[C@@H](O)[C@H](O)[C@H]1O)[C@H]1Cc2c(ccc3c2O[C@H]2COc4cc(OC)c(OC)cc4[C@@]2(O)[C@@H]3O)O1. The third-order valence-corrected chi connectivity index (χ3v) is 8.41. The minimum Gasteiger partial charge on any atom is -0.493 e. The van der Waals surface area contributed by atoms with Gasteiger partial charge in [-0.05, 0) is 23.8 Å². The van der Waals surface area contributed by atoms with E-state index >= 15 is 0 Å². The highest BCUT2D eigenvalue weighted by Gasteiger charge is 2.56. The fourth-order valence-corrected chi connectivity index (χ4v) is 5.97. The third kappa shape index (κ3) is 4.39. The van der Waals surface area contributed by atoms with Crippen LogP contribution < -0.4 is 23.7 Å². The summed E-state index contributed by atoms with van der Waals surface area (Å²) in [6.45, 7) is 3.31. The van der Waals surface area contributed by atoms with Crippen LogP contribution >= 0.6 is 0 Å². The second kappa shape index (κ2) is 10.8. The van der Waals surface area contributed by atoms with Gasteiger partial charge in [0.05, 0.1) is 27.4 Å². The number of ether oxygens (including phenoxy) is 7. The number of aliphatic hydroxyl groups excluding tert-OH is 5. The molecular formula is C29H34O13. The van der Waals surface area contributed by atoms with Crippen molar-refractivity contribution in [1.82, 2.24) is 0 Å². The number of hydrogen-bond donors (Lipinski definition) is 6. The Hall–Kier alpha value is -3.14. The van der Waals surface area contributed by atoms with Crippen molar-refractivity contribution in [1.29, 1.82) is 0 Å². The highest BCUT2D eigenvalue weighted by atomic mass is 16.7. The lowest BCUT2D eigenvalue weighted by Crippen LogP contribution is -2.59. The molecule has 0 saturated carbocycles. The van der Waals surface area contributed by atoms with Gasteiger partial charge >= 0.3 is 0 Å². The van der Waals surface area contributed by atoms with Crippen molar-refractivity contribution >= 4 is 0 Å². The Bertz CT molecular complexity index is 1360. The van der Waals surface area contributed by atoms with Gasteiger partial charge in [0.2, 0.25) is 0 Å². The molecule has 6 rings (SSSR count). The van der Waals surface area contributed by atoms with E-state index in [1.54, 1.807) is 24.3 Å². The summed E-state index contributed by atoms with van der Waals surface area (Å²) in [4.78, 5) is 0. The molecule has 4 aliphatic rings. The van der Waals surface area contributed by atoms with Crippen LogP contribution in [0.25, 0.3) is 0 Å². The summed E-state index contributed by atoms with van der Waals surface area (Å²) in [7, 11) is 2.96. The summed E-state index contributed by atoms with van der Waals surface area (Å²) in [5.74, 6) is 2.02. The Kier molecular flexibility index (Phi) is 7.48. The van der Waals surface area contributed by atoms with Crippen molar-refractivity contribution in [2.45, 2.75) is 61.0 Å². The lowest BCUT2D eigenvalue weighted by atomic mass is 9.76. The van der Waals surface area contributed by atoms with Crippen LogP contribution in [0.5, 0.6) is 28.7 Å². The minimum atomic E-state index is -1.84. The number of fused-ring (bicyclic) bond motifs is 6. The van der Waals surface area contributed by atoms with Gasteiger partial charge in [-0.3, -0.25) is 0 Å². The molecule has 228 valence electrons. The van der Waals surface area contributed by atoms with Crippen LogP contribution in [0.2, 0.25) is 0 Å². The first-order valence-electron chi connectivity index (χ1n) is 13.5. The van der Waals surface area contributed by atoms with E-state index in [-0.39, 0.29) is 13.2 Å². The summed E-state index contributed by atoms with van der Waals surface area (Å²) in [5, 5.41) is 63.1. The molecular weight excluding hydrogens is 556 g/mol. The van der Waals surface area contributed by atoms with E-state index in [4.69, 9.17) is 33.2 Å². The van der Waals surface area contributed by atoms with E-state index in [2.05, 4.69) is 6.58 Å². The van der Waals surface area contributed by atoms with Gasteiger partial charge in [-0.2, -0.15) is 0 Å². The monoisotopic (exact) mass is 590 g/mol. The third-order valence-electron chi connectivity index (χ3n) is 8.41. The normalized spacial score (nSPS) is 34.5. The number of rotatable bonds is 7. The van der Waals surface area contributed by atoms with Crippen molar-refractivity contribution in [2.24, 2.45) is 0 Å². The molecule has 4 aliphatic heterocycles. The van der Waals surface area contributed by atoms with E-state index in [0.717, 1.165) is 0 Å². The Morgan fingerprint density at radius 2 is 1.74 bits per heavy atom. The number of aliphatic hydroxyl groups is 6. The molecule has 13 heteroatoms. The van der Waals surface area contributed by atoms with Crippen molar-refractivity contribution < 1.29 is 63.8 Å². The van der Waals surface area contributed by atoms with E-state index in [0.29, 0.717) is 57.4 Å². The summed E-state index contributed by atoms with van der Waals surface area (Å²) in [6, 6.07) is 6.50. The second-order valence-corrected chi connectivity index (χ2v) is 10.8. The van der Waals surface area contributed by atoms with Gasteiger partial charge < -0.3 is 63.8 Å². The van der Waals surface area contributed by atoms with Crippen LogP contribution in [0.1, 0.15) is 22.8 Å². The molecule has 13 nitrogen and oxygen atoms in total. The zero-order valence-electron chi connectivity index (χ0n) is 23.0. The number of benzene rings is 2. The van der Waals surface area contributed by atoms with Crippen LogP contribution in [-0.4, -0.2) is 108 Å². The topological polar surface area (TPSA) is 186 Å². The Morgan fingerprint density at radius 3 is 2.45 bits per heavy atom. The standard InChI is InChI=1S/C29H34O13/c1-12(10-39-28-25(33)24(32)23(31)21(9-30)41-28)17-6-14-16(40-17)5-4-13-26(14)42-22-11-38-18-8-20(37-3)19(36-2)7-15(18)29(22,35)27(13)34/h4-5,7-8,17,21-25,27-28,30-35H,1,6,9-11H2,2-3H3/t17-,21-,22+,23-,24+,25-,27-,28-,29+/m1/s1. The van der Waals surface area contributed by atoms with Crippen molar-refractivity contribution in [3.63, 3.8) is 0 Å². The first-order valence-corrected chi connectivity index (χ1v) is 13.5. The first kappa shape index (κ1) is 29.0. The summed E-state index contributed by atoms with van der Waals surface area (Å²) >= 11 is 0. The molecule has 0 unspecified atom stereocenters. The number of hydrogen-bond acceptors (Lipinski definition) is 13. The highest BCUT2D eigenvalue weighted by Crippen LogP contribution is 2.55. The molecule has 2 aromatic carbocycles. The van der Waals surface area contributed by atoms with E-state index in [1.807, 2.05) is 0 Å². The largest absolute Gasteiger partial charge is 0.493 e. The Balaban J connectivity index is 1.20. The van der Waals surface area contributed by atoms with Gasteiger partial charge in [0.1, 0.15) is 60.5 Å². The van der Waals surface area contributed by atoms with Crippen LogP contribution in [-0.2, 0) is 21.5 Å². The smallest absolute Gasteiger partial charge is 0.187 e. The number of methoxy groups -OCH3 is 2. The molecule has 4 heterocycles. The van der Waals surface area contributed by atoms with Gasteiger partial charge in [0, 0.05) is 29.2 Å². The van der Waals surface area contributed by atoms with Crippen LogP contribution in [0, 0.1) is 0 Å². The zero-order valence-corrected chi connectivity index (χ0v) is 23.0. The molecule has 42 heavy (non-hydrogen) atoms. The molecule has 0 amide bonds. The predicted octanol–water partition coefficient (Wildman–Crippen LogP) is -0.545. The highest BCUT2D eigenvalue weighted by molar-refractivity contribution is 5.60. The fourth-order valence-electron chi connectivity index (χ4n) is 5.97. The molecule has 2 aromatic rings. The molecule has 0 aromatic heterocycles. The average Bonchev–Trinajstić information content (AvgIpc) is 3.45. The lowest BCUT2D eigenvalue weighted by Gasteiger charge is -2.47. The maximum absolute atomic E-state index is 11.9. The molecule has 1 fully saturated rings. The summed E-state index contributed by atoms with van der Waals surface area (Å²) < 4.78 is 40.1. The maximum atomic E-state index is 11.9. The molecule has 1 saturated heterocycles. The molecule has 9 atom stereocenters. The minimum absolute atomic E-state index is 0.0386. The quantitative estimate of drug-likeness (QED) is 0.226. The second-order valence-electron chi connectivity index (χ2n) is 10.8. The van der Waals surface area contributed by atoms with Gasteiger partial charge in [0.15, 0.2) is 29.5 Å². The average molecular weight is 591 g/mol. The van der Waals surface area contributed by atoms with Gasteiger partial charge in [-0.25, -0.2) is 0 Å². The van der Waals surface area contributed by atoms with Crippen LogP contribution in [0.4, 0.5) is 0 Å². The molecule has 0 spiro atoms. The maximum Gasteiger partial charge on any atom is 0.187 e. The van der Waals surface area contributed by atoms with Crippen molar-refractivity contribution in [2.75, 3.05) is 34.0 Å². The lowest BCUT2D eigenvalue weighted by molar-refractivity contribution is -0.299. The van der Waals surface area contributed by atoms with Crippen molar-refractivity contribution in [3.8, 4) is 28.7 Å². The summed E-state index contributed by atoms with van der Waals surface area (Å²) in [5.41, 5.74) is 0.00713. The zero-order chi connectivity index (χ0) is 29.9. The Morgan fingerprint density at radius 1 is 1.00 bits per heavy atom. The van der Waals surface area contributed by atoms with Gasteiger partial charge in [-0.15, -0.1) is 0 Å². The fraction of sp³-hybridized carbons (Fsp3) is 0.517.